The molecule has 2 rings (SSSR count). The van der Waals surface area contributed by atoms with E-state index in [9.17, 15) is 4.39 Å². The van der Waals surface area contributed by atoms with Crippen LogP contribution in [0.5, 0.6) is 0 Å². The molecule has 0 saturated heterocycles. The monoisotopic (exact) mass is 251 g/mol. The van der Waals surface area contributed by atoms with Crippen LogP contribution in [0.15, 0.2) is 30.5 Å². The second-order valence-corrected chi connectivity index (χ2v) is 4.33. The van der Waals surface area contributed by atoms with Crippen molar-refractivity contribution in [2.75, 3.05) is 6.54 Å². The van der Waals surface area contributed by atoms with Crippen molar-refractivity contribution in [3.63, 3.8) is 0 Å². The Kier molecular flexibility index (Phi) is 4.17. The van der Waals surface area contributed by atoms with Gasteiger partial charge in [-0.25, -0.2) is 4.39 Å². The molecule has 2 aromatic rings. The van der Waals surface area contributed by atoms with E-state index in [1.807, 2.05) is 6.07 Å². The van der Waals surface area contributed by atoms with E-state index in [1.165, 1.54) is 23.9 Å². The van der Waals surface area contributed by atoms with E-state index in [2.05, 4.69) is 21.0 Å². The Morgan fingerprint density at radius 3 is 3.00 bits per heavy atom. The van der Waals surface area contributed by atoms with Crippen LogP contribution in [-0.4, -0.2) is 15.3 Å². The van der Waals surface area contributed by atoms with Crippen molar-refractivity contribution >= 4 is 11.7 Å². The Morgan fingerprint density at radius 2 is 2.35 bits per heavy atom. The highest BCUT2D eigenvalue weighted by molar-refractivity contribution is 6.99. The summed E-state index contributed by atoms with van der Waals surface area (Å²) in [6, 6.07) is 6.51. The second-order valence-electron chi connectivity index (χ2n) is 3.77. The third-order valence-corrected chi connectivity index (χ3v) is 2.95. The van der Waals surface area contributed by atoms with Crippen molar-refractivity contribution < 1.29 is 4.39 Å². The van der Waals surface area contributed by atoms with Crippen LogP contribution in [0.25, 0.3) is 0 Å². The third-order valence-electron chi connectivity index (χ3n) is 2.45. The Morgan fingerprint density at radius 1 is 1.47 bits per heavy atom. The third kappa shape index (κ3) is 3.08. The zero-order chi connectivity index (χ0) is 12.1. The molecule has 1 unspecified atom stereocenters. The lowest BCUT2D eigenvalue weighted by atomic mass is 10.0. The Labute approximate surface area is 104 Å². The van der Waals surface area contributed by atoms with Crippen molar-refractivity contribution in [2.45, 2.75) is 19.4 Å². The molecule has 5 heteroatoms. The lowest BCUT2D eigenvalue weighted by Gasteiger charge is -2.16. The first-order valence-electron chi connectivity index (χ1n) is 5.57. The van der Waals surface area contributed by atoms with E-state index in [4.69, 9.17) is 0 Å². The molecule has 0 spiro atoms. The van der Waals surface area contributed by atoms with Crippen molar-refractivity contribution in [3.05, 3.63) is 47.5 Å². The molecule has 0 fully saturated rings. The molecule has 0 aliphatic carbocycles. The van der Waals surface area contributed by atoms with E-state index < -0.39 is 0 Å². The van der Waals surface area contributed by atoms with E-state index in [-0.39, 0.29) is 11.9 Å². The Balaban J connectivity index is 2.27. The van der Waals surface area contributed by atoms with E-state index >= 15 is 0 Å². The van der Waals surface area contributed by atoms with Gasteiger partial charge in [-0.15, -0.1) is 0 Å². The fraction of sp³-hybridized carbons (Fsp3) is 0.333. The summed E-state index contributed by atoms with van der Waals surface area (Å²) in [5, 5.41) is 3.35. The van der Waals surface area contributed by atoms with Gasteiger partial charge in [-0.3, -0.25) is 0 Å². The highest BCUT2D eigenvalue weighted by Gasteiger charge is 2.16. The normalized spacial score (nSPS) is 12.6. The van der Waals surface area contributed by atoms with Gasteiger partial charge in [0.15, 0.2) is 0 Å². The zero-order valence-electron chi connectivity index (χ0n) is 9.56. The molecule has 1 atom stereocenters. The summed E-state index contributed by atoms with van der Waals surface area (Å²) in [5.74, 6) is -0.228. The van der Waals surface area contributed by atoms with Crippen LogP contribution in [-0.2, 0) is 0 Å². The molecule has 0 amide bonds. The molecule has 0 aliphatic heterocycles. The van der Waals surface area contributed by atoms with Crippen LogP contribution >= 0.6 is 11.7 Å². The summed E-state index contributed by atoms with van der Waals surface area (Å²) < 4.78 is 21.4. The zero-order valence-corrected chi connectivity index (χ0v) is 10.4. The first-order chi connectivity index (χ1) is 8.31. The van der Waals surface area contributed by atoms with Gasteiger partial charge in [0, 0.05) is 0 Å². The predicted molar refractivity (Wildman–Crippen MR) is 66.4 cm³/mol. The number of benzene rings is 1. The molecule has 0 aliphatic rings. The summed E-state index contributed by atoms with van der Waals surface area (Å²) in [5.41, 5.74) is 1.72. The van der Waals surface area contributed by atoms with E-state index in [0.717, 1.165) is 24.2 Å². The van der Waals surface area contributed by atoms with Crippen LogP contribution in [0.3, 0.4) is 0 Å². The minimum Gasteiger partial charge on any atom is -0.305 e. The van der Waals surface area contributed by atoms with Gasteiger partial charge < -0.3 is 5.32 Å². The summed E-state index contributed by atoms with van der Waals surface area (Å²) >= 11 is 1.17. The van der Waals surface area contributed by atoms with Gasteiger partial charge in [0.05, 0.1) is 29.7 Å². The van der Waals surface area contributed by atoms with Gasteiger partial charge in [0.25, 0.3) is 0 Å². The van der Waals surface area contributed by atoms with Gasteiger partial charge in [0.1, 0.15) is 5.82 Å². The van der Waals surface area contributed by atoms with Crippen molar-refractivity contribution in [2.24, 2.45) is 0 Å². The number of nitrogens with zero attached hydrogens (tertiary/aromatic N) is 2. The van der Waals surface area contributed by atoms with Crippen LogP contribution in [0.1, 0.15) is 30.6 Å². The van der Waals surface area contributed by atoms with Crippen LogP contribution in [0.4, 0.5) is 4.39 Å². The van der Waals surface area contributed by atoms with E-state index in [0.29, 0.717) is 0 Å². The van der Waals surface area contributed by atoms with Crippen LogP contribution in [0, 0.1) is 5.82 Å². The maximum absolute atomic E-state index is 13.2. The maximum Gasteiger partial charge on any atom is 0.123 e. The van der Waals surface area contributed by atoms with Crippen molar-refractivity contribution in [1.29, 1.82) is 0 Å². The SMILES string of the molecule is CCCNC(c1cccc(F)c1)c1cnsn1. The molecule has 3 nitrogen and oxygen atoms in total. The average molecular weight is 251 g/mol. The van der Waals surface area contributed by atoms with Crippen molar-refractivity contribution in [1.82, 2.24) is 14.1 Å². The molecule has 0 bridgehead atoms. The molecular weight excluding hydrogens is 237 g/mol. The summed E-state index contributed by atoms with van der Waals surface area (Å²) in [6.07, 6.45) is 2.74. The fourth-order valence-electron chi connectivity index (χ4n) is 1.67. The smallest absolute Gasteiger partial charge is 0.123 e. The standard InChI is InChI=1S/C12H14FN3S/c1-2-6-14-12(11-8-15-17-16-11)9-4-3-5-10(13)7-9/h3-5,7-8,12,14H,2,6H2,1H3. The van der Waals surface area contributed by atoms with Gasteiger partial charge in [-0.1, -0.05) is 19.1 Å². The molecule has 17 heavy (non-hydrogen) atoms. The van der Waals surface area contributed by atoms with Crippen molar-refractivity contribution in [3.8, 4) is 0 Å². The number of aromatic nitrogens is 2. The van der Waals surface area contributed by atoms with Gasteiger partial charge in [-0.05, 0) is 30.7 Å². The van der Waals surface area contributed by atoms with E-state index in [1.54, 1.807) is 12.3 Å². The summed E-state index contributed by atoms with van der Waals surface area (Å²) in [6.45, 7) is 2.95. The van der Waals surface area contributed by atoms with Gasteiger partial charge >= 0.3 is 0 Å². The highest BCUT2D eigenvalue weighted by atomic mass is 32.1. The number of halogens is 1. The van der Waals surface area contributed by atoms with Crippen LogP contribution in [0.2, 0.25) is 0 Å². The number of hydrogen-bond donors (Lipinski definition) is 1. The largest absolute Gasteiger partial charge is 0.305 e. The number of hydrogen-bond acceptors (Lipinski definition) is 4. The second kappa shape index (κ2) is 5.84. The molecule has 1 aromatic heterocycles. The summed E-state index contributed by atoms with van der Waals surface area (Å²) in [4.78, 5) is 0. The average Bonchev–Trinajstić information content (AvgIpc) is 2.83. The molecule has 0 saturated carbocycles. The minimum absolute atomic E-state index is 0.0793. The van der Waals surface area contributed by atoms with Gasteiger partial charge in [0.2, 0.25) is 0 Å². The maximum atomic E-state index is 13.2. The first-order valence-corrected chi connectivity index (χ1v) is 6.30. The first kappa shape index (κ1) is 12.1. The topological polar surface area (TPSA) is 37.8 Å². The summed E-state index contributed by atoms with van der Waals surface area (Å²) in [7, 11) is 0. The number of nitrogens with one attached hydrogen (secondary N) is 1. The lowest BCUT2D eigenvalue weighted by Crippen LogP contribution is -2.23. The fourth-order valence-corrected chi connectivity index (χ4v) is 2.12. The van der Waals surface area contributed by atoms with Crippen LogP contribution < -0.4 is 5.32 Å². The van der Waals surface area contributed by atoms with Gasteiger partial charge in [-0.2, -0.15) is 8.75 Å². The predicted octanol–water partition coefficient (Wildman–Crippen LogP) is 2.77. The number of rotatable bonds is 5. The Bertz CT molecular complexity index is 459. The quantitative estimate of drug-likeness (QED) is 0.888. The molecule has 0 radical (unpaired) electrons. The molecule has 1 heterocycles. The molecular formula is C12H14FN3S. The molecule has 1 aromatic carbocycles. The lowest BCUT2D eigenvalue weighted by molar-refractivity contribution is 0.579. The molecule has 90 valence electrons. The Hall–Kier alpha value is -1.33. The molecule has 1 N–H and O–H groups in total. The highest BCUT2D eigenvalue weighted by Crippen LogP contribution is 2.21. The minimum atomic E-state index is -0.228.